The van der Waals surface area contributed by atoms with Crippen molar-refractivity contribution in [2.45, 2.75) is 76.8 Å². The molecule has 2 aromatic rings. The molecule has 0 radical (unpaired) electrons. The molecule has 0 spiro atoms. The van der Waals surface area contributed by atoms with Crippen LogP contribution in [0.2, 0.25) is 0 Å². The Labute approximate surface area is 162 Å². The number of rotatable bonds is 7. The number of para-hydroxylation sites is 2. The largest absolute Gasteiger partial charge is 0.352 e. The lowest BCUT2D eigenvalue weighted by atomic mass is 10.2. The number of hydrogen-bond donors (Lipinski definition) is 1. The molecule has 2 aliphatic rings. The minimum atomic E-state index is 0.208. The topological polar surface area (TPSA) is 50.2 Å². The van der Waals surface area contributed by atoms with Crippen LogP contribution in [0.1, 0.15) is 70.8 Å². The summed E-state index contributed by atoms with van der Waals surface area (Å²) in [6.45, 7) is 4.01. The average Bonchev–Trinajstić information content (AvgIpc) is 3.40. The van der Waals surface area contributed by atoms with Crippen molar-refractivity contribution in [2.75, 3.05) is 18.0 Å². The van der Waals surface area contributed by atoms with Crippen molar-refractivity contribution in [2.24, 2.45) is 0 Å². The van der Waals surface area contributed by atoms with Gasteiger partial charge in [0.1, 0.15) is 0 Å². The van der Waals surface area contributed by atoms with Gasteiger partial charge >= 0.3 is 0 Å². The Kier molecular flexibility index (Phi) is 5.65. The Morgan fingerprint density at radius 2 is 2.00 bits per heavy atom. The van der Waals surface area contributed by atoms with Crippen LogP contribution in [-0.4, -0.2) is 34.6 Å². The molecule has 2 heterocycles. The first-order valence-electron chi connectivity index (χ1n) is 10.8. The van der Waals surface area contributed by atoms with Crippen LogP contribution in [0, 0.1) is 0 Å². The fourth-order valence-electron chi connectivity index (χ4n) is 4.67. The molecule has 1 atom stereocenters. The van der Waals surface area contributed by atoms with Gasteiger partial charge in [0.25, 0.3) is 0 Å². The molecule has 2 fully saturated rings. The van der Waals surface area contributed by atoms with Gasteiger partial charge in [0.05, 0.1) is 11.0 Å². The molecule has 1 N–H and O–H groups in total. The lowest BCUT2D eigenvalue weighted by Crippen LogP contribution is -2.37. The number of fused-ring (bicyclic) bond motifs is 1. The maximum Gasteiger partial charge on any atom is 0.220 e. The van der Waals surface area contributed by atoms with E-state index in [1.165, 1.54) is 31.2 Å². The lowest BCUT2D eigenvalue weighted by molar-refractivity contribution is -0.121. The molecule has 4 rings (SSSR count). The van der Waals surface area contributed by atoms with Crippen LogP contribution in [0.3, 0.4) is 0 Å². The highest BCUT2D eigenvalue weighted by atomic mass is 16.1. The van der Waals surface area contributed by atoms with Gasteiger partial charge in [0.15, 0.2) is 0 Å². The second-order valence-corrected chi connectivity index (χ2v) is 8.17. The van der Waals surface area contributed by atoms with Gasteiger partial charge in [-0.25, -0.2) is 4.98 Å². The quantitative estimate of drug-likeness (QED) is 0.736. The summed E-state index contributed by atoms with van der Waals surface area (Å²) in [7, 11) is 0. The molecule has 0 bridgehead atoms. The third-order valence-electron chi connectivity index (χ3n) is 6.11. The van der Waals surface area contributed by atoms with Gasteiger partial charge in [0.2, 0.25) is 11.9 Å². The number of aromatic nitrogens is 2. The van der Waals surface area contributed by atoms with Gasteiger partial charge in [-0.15, -0.1) is 0 Å². The van der Waals surface area contributed by atoms with Crippen LogP contribution < -0.4 is 10.2 Å². The summed E-state index contributed by atoms with van der Waals surface area (Å²) in [4.78, 5) is 19.6. The number of nitrogens with zero attached hydrogens (tertiary/aromatic N) is 3. The molecule has 27 heavy (non-hydrogen) atoms. The van der Waals surface area contributed by atoms with E-state index >= 15 is 0 Å². The predicted molar refractivity (Wildman–Crippen MR) is 110 cm³/mol. The smallest absolute Gasteiger partial charge is 0.220 e. The molecule has 1 saturated carbocycles. The lowest BCUT2D eigenvalue weighted by Gasteiger charge is -2.23. The van der Waals surface area contributed by atoms with Crippen molar-refractivity contribution in [1.82, 2.24) is 14.9 Å². The van der Waals surface area contributed by atoms with Crippen LogP contribution in [0.4, 0.5) is 5.95 Å². The summed E-state index contributed by atoms with van der Waals surface area (Å²) in [5.41, 5.74) is 2.35. The van der Waals surface area contributed by atoms with E-state index in [0.717, 1.165) is 50.2 Å². The normalized spacial score (nSPS) is 20.6. The summed E-state index contributed by atoms with van der Waals surface area (Å²) >= 11 is 0. The average molecular weight is 369 g/mol. The Balaban J connectivity index is 1.48. The number of anilines is 1. The van der Waals surface area contributed by atoms with Crippen LogP contribution in [0.25, 0.3) is 11.0 Å². The van der Waals surface area contributed by atoms with Gasteiger partial charge in [0, 0.05) is 31.6 Å². The molecule has 1 amide bonds. The Bertz CT molecular complexity index is 778. The molecule has 1 aliphatic heterocycles. The summed E-state index contributed by atoms with van der Waals surface area (Å²) in [6.07, 6.45) is 10.1. The SMILES string of the molecule is CCCCCC(=O)N[C@@H]1CCN(c2nc3ccccc3n2C2CCCC2)C1. The second-order valence-electron chi connectivity index (χ2n) is 8.17. The zero-order valence-electron chi connectivity index (χ0n) is 16.5. The number of unbranched alkanes of at least 4 members (excludes halogenated alkanes) is 2. The number of benzene rings is 1. The Morgan fingerprint density at radius 3 is 2.81 bits per heavy atom. The number of carbonyl (C=O) groups is 1. The van der Waals surface area contributed by atoms with Crippen molar-refractivity contribution in [3.63, 3.8) is 0 Å². The van der Waals surface area contributed by atoms with E-state index in [0.29, 0.717) is 12.5 Å². The predicted octanol–water partition coefficient (Wildman–Crippen LogP) is 4.43. The molecule has 1 aromatic carbocycles. The molecule has 5 heteroatoms. The van der Waals surface area contributed by atoms with Crippen molar-refractivity contribution in [1.29, 1.82) is 0 Å². The molecule has 1 saturated heterocycles. The number of nitrogens with one attached hydrogen (secondary N) is 1. The summed E-state index contributed by atoms with van der Waals surface area (Å²) in [5.74, 6) is 1.31. The van der Waals surface area contributed by atoms with Crippen LogP contribution >= 0.6 is 0 Å². The van der Waals surface area contributed by atoms with Gasteiger partial charge in [-0.1, -0.05) is 44.7 Å². The monoisotopic (exact) mass is 368 g/mol. The summed E-state index contributed by atoms with van der Waals surface area (Å²) < 4.78 is 2.48. The van der Waals surface area contributed by atoms with E-state index in [-0.39, 0.29) is 11.9 Å². The van der Waals surface area contributed by atoms with Crippen molar-refractivity contribution >= 4 is 22.9 Å². The van der Waals surface area contributed by atoms with Gasteiger partial charge in [-0.3, -0.25) is 4.79 Å². The van der Waals surface area contributed by atoms with E-state index in [1.807, 2.05) is 0 Å². The third-order valence-corrected chi connectivity index (χ3v) is 6.11. The molecular formula is C22H32N4O. The first-order chi connectivity index (χ1) is 13.3. The van der Waals surface area contributed by atoms with Crippen molar-refractivity contribution in [3.8, 4) is 0 Å². The molecule has 146 valence electrons. The maximum atomic E-state index is 12.2. The first-order valence-corrected chi connectivity index (χ1v) is 10.8. The van der Waals surface area contributed by atoms with Gasteiger partial charge in [-0.2, -0.15) is 0 Å². The van der Waals surface area contributed by atoms with E-state index in [4.69, 9.17) is 4.98 Å². The van der Waals surface area contributed by atoms with Crippen LogP contribution in [-0.2, 0) is 4.79 Å². The zero-order valence-corrected chi connectivity index (χ0v) is 16.5. The molecule has 1 aliphatic carbocycles. The van der Waals surface area contributed by atoms with Crippen LogP contribution in [0.15, 0.2) is 24.3 Å². The standard InChI is InChI=1S/C22H32N4O/c1-2-3-4-13-21(27)23-17-14-15-25(16-17)22-24-19-11-7-8-12-20(19)26(22)18-9-5-6-10-18/h7-8,11-12,17-18H,2-6,9-10,13-16H2,1H3,(H,23,27)/t17-/m1/s1. The Morgan fingerprint density at radius 1 is 1.19 bits per heavy atom. The van der Waals surface area contributed by atoms with E-state index in [9.17, 15) is 4.79 Å². The van der Waals surface area contributed by atoms with Crippen LogP contribution in [0.5, 0.6) is 0 Å². The van der Waals surface area contributed by atoms with E-state index in [2.05, 4.69) is 46.0 Å². The number of amides is 1. The minimum absolute atomic E-state index is 0.208. The van der Waals surface area contributed by atoms with Gasteiger partial charge in [-0.05, 0) is 37.8 Å². The number of carbonyl (C=O) groups excluding carboxylic acids is 1. The van der Waals surface area contributed by atoms with Crippen molar-refractivity contribution in [3.05, 3.63) is 24.3 Å². The highest BCUT2D eigenvalue weighted by Crippen LogP contribution is 2.37. The Hall–Kier alpha value is -2.04. The maximum absolute atomic E-state index is 12.2. The second kappa shape index (κ2) is 8.32. The van der Waals surface area contributed by atoms with Crippen molar-refractivity contribution < 1.29 is 4.79 Å². The van der Waals surface area contributed by atoms with E-state index < -0.39 is 0 Å². The molecular weight excluding hydrogens is 336 g/mol. The highest BCUT2D eigenvalue weighted by Gasteiger charge is 2.30. The highest BCUT2D eigenvalue weighted by molar-refractivity contribution is 5.79. The first kappa shape index (κ1) is 18.3. The summed E-state index contributed by atoms with van der Waals surface area (Å²) in [5, 5.41) is 3.24. The molecule has 0 unspecified atom stereocenters. The zero-order chi connectivity index (χ0) is 18.6. The molecule has 5 nitrogen and oxygen atoms in total. The number of imidazole rings is 1. The third kappa shape index (κ3) is 3.97. The fraction of sp³-hybridized carbons (Fsp3) is 0.636. The fourth-order valence-corrected chi connectivity index (χ4v) is 4.67. The summed E-state index contributed by atoms with van der Waals surface area (Å²) in [6, 6.07) is 9.32. The number of hydrogen-bond acceptors (Lipinski definition) is 3. The minimum Gasteiger partial charge on any atom is -0.352 e. The molecule has 1 aromatic heterocycles. The van der Waals surface area contributed by atoms with Gasteiger partial charge < -0.3 is 14.8 Å². The van der Waals surface area contributed by atoms with E-state index in [1.54, 1.807) is 0 Å².